The lowest BCUT2D eigenvalue weighted by atomic mass is 9.74. The van der Waals surface area contributed by atoms with Crippen LogP contribution in [0.1, 0.15) is 44.9 Å². The second-order valence-electron chi connectivity index (χ2n) is 4.72. The number of aliphatic hydroxyl groups is 1. The first-order valence-electron chi connectivity index (χ1n) is 5.72. The summed E-state index contributed by atoms with van der Waals surface area (Å²) in [6, 6.07) is 0.394. The zero-order chi connectivity index (χ0) is 9.15. The Kier molecular flexibility index (Phi) is 2.89. The normalized spacial score (nSPS) is 33.5. The van der Waals surface area contributed by atoms with Crippen molar-refractivity contribution in [3.8, 4) is 0 Å². The lowest BCUT2D eigenvalue weighted by molar-refractivity contribution is 0.139. The minimum Gasteiger partial charge on any atom is -0.395 e. The van der Waals surface area contributed by atoms with E-state index in [1.54, 1.807) is 0 Å². The molecule has 76 valence electrons. The van der Waals surface area contributed by atoms with Crippen molar-refractivity contribution in [3.05, 3.63) is 0 Å². The molecule has 1 saturated carbocycles. The van der Waals surface area contributed by atoms with Crippen LogP contribution >= 0.6 is 0 Å². The molecule has 2 fully saturated rings. The summed E-state index contributed by atoms with van der Waals surface area (Å²) in [6.07, 6.45) is 9.52. The highest BCUT2D eigenvalue weighted by molar-refractivity contribution is 4.97. The third kappa shape index (κ3) is 1.75. The maximum absolute atomic E-state index is 9.31. The fourth-order valence-corrected chi connectivity index (χ4v) is 3.18. The first-order chi connectivity index (χ1) is 6.37. The number of nitrogens with one attached hydrogen (secondary N) is 1. The molecular weight excluding hydrogens is 162 g/mol. The van der Waals surface area contributed by atoms with Crippen LogP contribution in [0.5, 0.6) is 0 Å². The molecule has 0 aromatic rings. The van der Waals surface area contributed by atoms with E-state index in [4.69, 9.17) is 0 Å². The highest BCUT2D eigenvalue weighted by atomic mass is 16.3. The van der Waals surface area contributed by atoms with Gasteiger partial charge in [0.15, 0.2) is 0 Å². The van der Waals surface area contributed by atoms with Crippen molar-refractivity contribution in [2.45, 2.75) is 51.0 Å². The van der Waals surface area contributed by atoms with Gasteiger partial charge in [0.25, 0.3) is 0 Å². The van der Waals surface area contributed by atoms with E-state index in [1.165, 1.54) is 44.9 Å². The summed E-state index contributed by atoms with van der Waals surface area (Å²) in [4.78, 5) is 0. The Labute approximate surface area is 80.7 Å². The van der Waals surface area contributed by atoms with Crippen molar-refractivity contribution in [1.29, 1.82) is 0 Å². The number of rotatable bonds is 1. The maximum atomic E-state index is 9.31. The molecule has 13 heavy (non-hydrogen) atoms. The Morgan fingerprint density at radius 1 is 1.08 bits per heavy atom. The molecular formula is C11H21NO. The second-order valence-corrected chi connectivity index (χ2v) is 4.72. The van der Waals surface area contributed by atoms with E-state index in [0.29, 0.717) is 18.1 Å². The van der Waals surface area contributed by atoms with E-state index in [-0.39, 0.29) is 0 Å². The third-order valence-corrected chi connectivity index (χ3v) is 4.03. The summed E-state index contributed by atoms with van der Waals surface area (Å²) in [5, 5.41) is 12.8. The lowest BCUT2D eigenvalue weighted by Gasteiger charge is -2.33. The Bertz CT molecular complexity index is 161. The van der Waals surface area contributed by atoms with Gasteiger partial charge in [-0.3, -0.25) is 0 Å². The van der Waals surface area contributed by atoms with Gasteiger partial charge >= 0.3 is 0 Å². The highest BCUT2D eigenvalue weighted by Crippen LogP contribution is 2.43. The molecule has 1 aliphatic heterocycles. The van der Waals surface area contributed by atoms with Crippen LogP contribution in [0.4, 0.5) is 0 Å². The molecule has 0 radical (unpaired) electrons. The molecule has 2 nitrogen and oxygen atoms in total. The van der Waals surface area contributed by atoms with Crippen LogP contribution < -0.4 is 5.32 Å². The molecule has 2 rings (SSSR count). The highest BCUT2D eigenvalue weighted by Gasteiger charge is 2.41. The largest absolute Gasteiger partial charge is 0.395 e. The molecule has 1 heterocycles. The van der Waals surface area contributed by atoms with Gasteiger partial charge in [-0.05, 0) is 31.2 Å². The predicted octanol–water partition coefficient (Wildman–Crippen LogP) is 1.68. The van der Waals surface area contributed by atoms with Gasteiger partial charge in [0.1, 0.15) is 0 Å². The average Bonchev–Trinajstić information content (AvgIpc) is 2.37. The fraction of sp³-hybridized carbons (Fsp3) is 1.00. The molecule has 0 aromatic carbocycles. The molecule has 0 amide bonds. The van der Waals surface area contributed by atoms with Crippen LogP contribution in [0.2, 0.25) is 0 Å². The van der Waals surface area contributed by atoms with Crippen LogP contribution in [0, 0.1) is 5.41 Å². The van der Waals surface area contributed by atoms with E-state index in [2.05, 4.69) is 5.32 Å². The summed E-state index contributed by atoms with van der Waals surface area (Å²) < 4.78 is 0. The minimum absolute atomic E-state index is 0.333. The van der Waals surface area contributed by atoms with Crippen LogP contribution in [0.3, 0.4) is 0 Å². The van der Waals surface area contributed by atoms with Crippen LogP contribution in [0.15, 0.2) is 0 Å². The van der Waals surface area contributed by atoms with Crippen molar-refractivity contribution < 1.29 is 5.11 Å². The molecule has 2 heteroatoms. The molecule has 0 aromatic heterocycles. The predicted molar refractivity (Wildman–Crippen MR) is 53.6 cm³/mol. The van der Waals surface area contributed by atoms with Crippen LogP contribution in [0.25, 0.3) is 0 Å². The zero-order valence-electron chi connectivity index (χ0n) is 8.39. The van der Waals surface area contributed by atoms with Gasteiger partial charge in [-0.15, -0.1) is 0 Å². The first-order valence-corrected chi connectivity index (χ1v) is 5.72. The third-order valence-electron chi connectivity index (χ3n) is 4.03. The molecule has 1 atom stereocenters. The van der Waals surface area contributed by atoms with Gasteiger partial charge < -0.3 is 10.4 Å². The summed E-state index contributed by atoms with van der Waals surface area (Å²) in [5.74, 6) is 0. The lowest BCUT2D eigenvalue weighted by Crippen LogP contribution is -2.39. The number of aliphatic hydroxyl groups excluding tert-OH is 1. The Morgan fingerprint density at radius 2 is 1.77 bits per heavy atom. The minimum atomic E-state index is 0.333. The van der Waals surface area contributed by atoms with Crippen molar-refractivity contribution in [2.24, 2.45) is 5.41 Å². The van der Waals surface area contributed by atoms with Crippen LogP contribution in [-0.4, -0.2) is 24.3 Å². The molecule has 1 unspecified atom stereocenters. The Hall–Kier alpha value is -0.0800. The standard InChI is InChI=1S/C11H21NO/c13-9-10-11(7-8-12-10)5-3-1-2-4-6-11/h10,12-13H,1-9H2. The van der Waals surface area contributed by atoms with Crippen molar-refractivity contribution >= 4 is 0 Å². The smallest absolute Gasteiger partial charge is 0.0590 e. The molecule has 2 aliphatic rings. The molecule has 1 aliphatic carbocycles. The van der Waals surface area contributed by atoms with E-state index < -0.39 is 0 Å². The Morgan fingerprint density at radius 3 is 2.38 bits per heavy atom. The molecule has 2 N–H and O–H groups in total. The van der Waals surface area contributed by atoms with E-state index >= 15 is 0 Å². The van der Waals surface area contributed by atoms with Gasteiger partial charge in [0, 0.05) is 6.04 Å². The van der Waals surface area contributed by atoms with Gasteiger partial charge in [0.05, 0.1) is 6.61 Å². The SMILES string of the molecule is OCC1NCCC12CCCCCC2. The van der Waals surface area contributed by atoms with Gasteiger partial charge in [-0.1, -0.05) is 25.7 Å². The van der Waals surface area contributed by atoms with E-state index in [9.17, 15) is 5.11 Å². The van der Waals surface area contributed by atoms with Crippen LogP contribution in [-0.2, 0) is 0 Å². The van der Waals surface area contributed by atoms with Gasteiger partial charge in [0.2, 0.25) is 0 Å². The monoisotopic (exact) mass is 183 g/mol. The molecule has 1 spiro atoms. The summed E-state index contributed by atoms with van der Waals surface area (Å²) in [7, 11) is 0. The van der Waals surface area contributed by atoms with Crippen molar-refractivity contribution in [2.75, 3.05) is 13.2 Å². The molecule has 0 bridgehead atoms. The number of hydrogen-bond acceptors (Lipinski definition) is 2. The summed E-state index contributed by atoms with van der Waals surface area (Å²) in [5.41, 5.74) is 0.464. The van der Waals surface area contributed by atoms with Gasteiger partial charge in [-0.2, -0.15) is 0 Å². The Balaban J connectivity index is 2.06. The second kappa shape index (κ2) is 3.97. The maximum Gasteiger partial charge on any atom is 0.0590 e. The topological polar surface area (TPSA) is 32.3 Å². The van der Waals surface area contributed by atoms with Crippen molar-refractivity contribution in [1.82, 2.24) is 5.32 Å². The number of hydrogen-bond donors (Lipinski definition) is 2. The first kappa shape index (κ1) is 9.47. The fourth-order valence-electron chi connectivity index (χ4n) is 3.18. The van der Waals surface area contributed by atoms with Gasteiger partial charge in [-0.25, -0.2) is 0 Å². The van der Waals surface area contributed by atoms with E-state index in [1.807, 2.05) is 0 Å². The summed E-state index contributed by atoms with van der Waals surface area (Å²) >= 11 is 0. The quantitative estimate of drug-likeness (QED) is 0.648. The zero-order valence-corrected chi connectivity index (χ0v) is 8.39. The molecule has 1 saturated heterocycles. The summed E-state index contributed by atoms with van der Waals surface area (Å²) in [6.45, 7) is 1.45. The average molecular weight is 183 g/mol. The van der Waals surface area contributed by atoms with Crippen molar-refractivity contribution in [3.63, 3.8) is 0 Å². The van der Waals surface area contributed by atoms with E-state index in [0.717, 1.165) is 6.54 Å².